The highest BCUT2D eigenvalue weighted by Gasteiger charge is 2.23. The maximum absolute atomic E-state index is 5.95. The Morgan fingerprint density at radius 2 is 2.27 bits per heavy atom. The first kappa shape index (κ1) is 8.97. The van der Waals surface area contributed by atoms with Crippen LogP contribution in [0.1, 0.15) is 12.8 Å². The molecule has 0 amide bonds. The lowest BCUT2D eigenvalue weighted by atomic mass is 9.90. The molecule has 0 bridgehead atoms. The molecule has 0 aromatic rings. The molecular weight excluding hydrogens is 138 g/mol. The minimum absolute atomic E-state index is 0.384. The van der Waals surface area contributed by atoms with Gasteiger partial charge in [-0.15, -0.1) is 0 Å². The van der Waals surface area contributed by atoms with Crippen molar-refractivity contribution in [3.8, 4) is 0 Å². The van der Waals surface area contributed by atoms with Crippen LogP contribution >= 0.6 is 0 Å². The topological polar surface area (TPSA) is 55.3 Å². The second kappa shape index (κ2) is 4.04. The zero-order valence-electron chi connectivity index (χ0n) is 7.29. The Balaban J connectivity index is 2.34. The number of hydrogen-bond acceptors (Lipinski definition) is 3. The van der Waals surface area contributed by atoms with Gasteiger partial charge in [0.2, 0.25) is 0 Å². The molecule has 3 nitrogen and oxygen atoms in total. The van der Waals surface area contributed by atoms with Crippen LogP contribution in [0, 0.1) is 5.92 Å². The van der Waals surface area contributed by atoms with E-state index >= 15 is 0 Å². The molecule has 0 aromatic heterocycles. The Kier molecular flexibility index (Phi) is 3.30. The first-order valence-electron chi connectivity index (χ1n) is 4.38. The molecule has 4 N–H and O–H groups in total. The number of nitrogens with two attached hydrogens (primary N) is 2. The fourth-order valence-corrected chi connectivity index (χ4v) is 1.75. The van der Waals surface area contributed by atoms with E-state index in [0.717, 1.165) is 32.5 Å². The van der Waals surface area contributed by atoms with Crippen LogP contribution in [0.5, 0.6) is 0 Å². The number of hydrogen-bond donors (Lipinski definition) is 2. The monoisotopic (exact) mass is 157 g/mol. The van der Waals surface area contributed by atoms with Crippen LogP contribution in [0.15, 0.2) is 0 Å². The molecule has 1 aliphatic heterocycles. The lowest BCUT2D eigenvalue weighted by Gasteiger charge is -2.34. The molecule has 1 rings (SSSR count). The van der Waals surface area contributed by atoms with Gasteiger partial charge in [-0.05, 0) is 38.9 Å². The lowest BCUT2D eigenvalue weighted by molar-refractivity contribution is 0.179. The van der Waals surface area contributed by atoms with E-state index < -0.39 is 0 Å². The summed E-state index contributed by atoms with van der Waals surface area (Å²) in [5.74, 6) is 0.624. The summed E-state index contributed by atoms with van der Waals surface area (Å²) in [6.07, 6.45) is 2.20. The molecule has 66 valence electrons. The first-order valence-corrected chi connectivity index (χ1v) is 4.38. The Labute approximate surface area is 68.7 Å². The summed E-state index contributed by atoms with van der Waals surface area (Å²) in [5.41, 5.74) is 11.4. The standard InChI is InChI=1S/C8H19N3/c1-11-5-3-8(10)7(6-11)2-4-9/h7-8H,2-6,9-10H2,1H3. The third kappa shape index (κ3) is 2.43. The number of piperidine rings is 1. The average molecular weight is 157 g/mol. The van der Waals surface area contributed by atoms with Crippen molar-refractivity contribution in [3.63, 3.8) is 0 Å². The Bertz CT molecular complexity index is 116. The highest BCUT2D eigenvalue weighted by Crippen LogP contribution is 2.16. The summed E-state index contributed by atoms with van der Waals surface area (Å²) in [7, 11) is 2.15. The van der Waals surface area contributed by atoms with E-state index in [2.05, 4.69) is 11.9 Å². The molecule has 1 fully saturated rings. The minimum atomic E-state index is 0.384. The molecule has 2 atom stereocenters. The Morgan fingerprint density at radius 3 is 2.91 bits per heavy atom. The van der Waals surface area contributed by atoms with Gasteiger partial charge in [-0.3, -0.25) is 0 Å². The van der Waals surface area contributed by atoms with Crippen molar-refractivity contribution in [2.24, 2.45) is 17.4 Å². The normalized spacial score (nSPS) is 34.1. The number of nitrogens with zero attached hydrogens (tertiary/aromatic N) is 1. The van der Waals surface area contributed by atoms with Crippen LogP contribution in [0.25, 0.3) is 0 Å². The molecule has 1 aliphatic rings. The second-order valence-corrected chi connectivity index (χ2v) is 3.55. The number of rotatable bonds is 2. The van der Waals surface area contributed by atoms with Gasteiger partial charge in [0.25, 0.3) is 0 Å². The van der Waals surface area contributed by atoms with Gasteiger partial charge < -0.3 is 16.4 Å². The summed E-state index contributed by atoms with van der Waals surface area (Å²) >= 11 is 0. The average Bonchev–Trinajstić information content (AvgIpc) is 1.98. The lowest BCUT2D eigenvalue weighted by Crippen LogP contribution is -2.46. The molecule has 3 heteroatoms. The van der Waals surface area contributed by atoms with Gasteiger partial charge in [0.1, 0.15) is 0 Å². The zero-order valence-corrected chi connectivity index (χ0v) is 7.29. The maximum atomic E-state index is 5.95. The summed E-state index contributed by atoms with van der Waals surface area (Å²) in [5, 5.41) is 0. The van der Waals surface area contributed by atoms with Crippen LogP contribution in [0.2, 0.25) is 0 Å². The van der Waals surface area contributed by atoms with Gasteiger partial charge >= 0.3 is 0 Å². The van der Waals surface area contributed by atoms with Crippen molar-refractivity contribution in [1.82, 2.24) is 4.90 Å². The molecule has 0 radical (unpaired) electrons. The van der Waals surface area contributed by atoms with E-state index in [1.165, 1.54) is 0 Å². The van der Waals surface area contributed by atoms with Gasteiger partial charge in [-0.25, -0.2) is 0 Å². The molecule has 1 heterocycles. The van der Waals surface area contributed by atoms with Crippen molar-refractivity contribution in [3.05, 3.63) is 0 Å². The molecule has 0 aliphatic carbocycles. The molecule has 0 aromatic carbocycles. The van der Waals surface area contributed by atoms with Gasteiger partial charge in [0.05, 0.1) is 0 Å². The van der Waals surface area contributed by atoms with Crippen LogP contribution in [0.4, 0.5) is 0 Å². The third-order valence-electron chi connectivity index (χ3n) is 2.53. The minimum Gasteiger partial charge on any atom is -0.330 e. The summed E-state index contributed by atoms with van der Waals surface area (Å²) < 4.78 is 0. The van der Waals surface area contributed by atoms with Crippen LogP contribution in [0.3, 0.4) is 0 Å². The SMILES string of the molecule is CN1CCC(N)C(CCN)C1. The molecule has 1 saturated heterocycles. The Morgan fingerprint density at radius 1 is 1.55 bits per heavy atom. The van der Waals surface area contributed by atoms with Crippen LogP contribution in [-0.4, -0.2) is 37.6 Å². The van der Waals surface area contributed by atoms with E-state index in [1.807, 2.05) is 0 Å². The van der Waals surface area contributed by atoms with Crippen molar-refractivity contribution in [2.45, 2.75) is 18.9 Å². The van der Waals surface area contributed by atoms with E-state index in [9.17, 15) is 0 Å². The molecule has 0 saturated carbocycles. The predicted molar refractivity (Wildman–Crippen MR) is 47.3 cm³/mol. The quantitative estimate of drug-likeness (QED) is 0.574. The fourth-order valence-electron chi connectivity index (χ4n) is 1.75. The van der Waals surface area contributed by atoms with E-state index in [0.29, 0.717) is 12.0 Å². The van der Waals surface area contributed by atoms with Crippen LogP contribution < -0.4 is 11.5 Å². The van der Waals surface area contributed by atoms with Crippen molar-refractivity contribution < 1.29 is 0 Å². The largest absolute Gasteiger partial charge is 0.330 e. The van der Waals surface area contributed by atoms with E-state index in [-0.39, 0.29) is 0 Å². The van der Waals surface area contributed by atoms with E-state index in [4.69, 9.17) is 11.5 Å². The molecular formula is C8H19N3. The van der Waals surface area contributed by atoms with Gasteiger partial charge in [0, 0.05) is 12.6 Å². The van der Waals surface area contributed by atoms with Crippen molar-refractivity contribution in [1.29, 1.82) is 0 Å². The van der Waals surface area contributed by atoms with Gasteiger partial charge in [0.15, 0.2) is 0 Å². The van der Waals surface area contributed by atoms with Crippen molar-refractivity contribution >= 4 is 0 Å². The Hall–Kier alpha value is -0.120. The summed E-state index contributed by atoms with van der Waals surface area (Å²) in [6.45, 7) is 3.03. The smallest absolute Gasteiger partial charge is 0.00920 e. The highest BCUT2D eigenvalue weighted by molar-refractivity contribution is 4.81. The van der Waals surface area contributed by atoms with Crippen molar-refractivity contribution in [2.75, 3.05) is 26.7 Å². The summed E-state index contributed by atoms with van der Waals surface area (Å²) in [4.78, 5) is 2.34. The van der Waals surface area contributed by atoms with Gasteiger partial charge in [-0.1, -0.05) is 0 Å². The zero-order chi connectivity index (χ0) is 8.27. The third-order valence-corrected chi connectivity index (χ3v) is 2.53. The first-order chi connectivity index (χ1) is 5.24. The molecule has 0 spiro atoms. The maximum Gasteiger partial charge on any atom is 0.00920 e. The molecule has 11 heavy (non-hydrogen) atoms. The van der Waals surface area contributed by atoms with E-state index in [1.54, 1.807) is 0 Å². The summed E-state index contributed by atoms with van der Waals surface area (Å²) in [6, 6.07) is 0.384. The van der Waals surface area contributed by atoms with Crippen LogP contribution in [-0.2, 0) is 0 Å². The highest BCUT2D eigenvalue weighted by atomic mass is 15.1. The molecule has 2 unspecified atom stereocenters. The predicted octanol–water partition coefficient (Wildman–Crippen LogP) is -0.386. The second-order valence-electron chi connectivity index (χ2n) is 3.55. The number of likely N-dealkylation sites (tertiary alicyclic amines) is 1. The fraction of sp³-hybridized carbons (Fsp3) is 1.00. The van der Waals surface area contributed by atoms with Gasteiger partial charge in [-0.2, -0.15) is 0 Å².